The number of ether oxygens (including phenoxy) is 2. The van der Waals surface area contributed by atoms with Gasteiger partial charge in [-0.15, -0.1) is 6.42 Å². The summed E-state index contributed by atoms with van der Waals surface area (Å²) >= 11 is 0. The molecule has 1 aromatic rings. The normalized spacial score (nSPS) is 11.6. The number of benzene rings is 1. The van der Waals surface area contributed by atoms with Crippen molar-refractivity contribution in [3.8, 4) is 23.8 Å². The van der Waals surface area contributed by atoms with Crippen LogP contribution in [0.15, 0.2) is 18.2 Å². The van der Waals surface area contributed by atoms with E-state index < -0.39 is 6.10 Å². The molecule has 14 heavy (non-hydrogen) atoms. The van der Waals surface area contributed by atoms with Crippen LogP contribution >= 0.6 is 0 Å². The first kappa shape index (κ1) is 10.4. The molecule has 0 aromatic heterocycles. The third kappa shape index (κ3) is 1.98. The molecular formula is C11H12O3. The van der Waals surface area contributed by atoms with Gasteiger partial charge in [-0.3, -0.25) is 0 Å². The van der Waals surface area contributed by atoms with Gasteiger partial charge in [0.15, 0.2) is 11.5 Å². The molecule has 3 heteroatoms. The van der Waals surface area contributed by atoms with Crippen LogP contribution in [0.5, 0.6) is 11.5 Å². The summed E-state index contributed by atoms with van der Waals surface area (Å²) in [5, 5.41) is 9.38. The van der Waals surface area contributed by atoms with Gasteiger partial charge in [-0.05, 0) is 17.7 Å². The highest BCUT2D eigenvalue weighted by molar-refractivity contribution is 5.44. The number of terminal acetylenes is 1. The van der Waals surface area contributed by atoms with E-state index >= 15 is 0 Å². The second-order valence-corrected chi connectivity index (χ2v) is 2.68. The van der Waals surface area contributed by atoms with E-state index in [1.165, 1.54) is 7.11 Å². The first-order valence-electron chi connectivity index (χ1n) is 4.09. The standard InChI is InChI=1S/C11H12O3/c1-4-9(12)8-5-6-10(13-2)11(7-8)14-3/h1,5-7,9,12H,2-3H3/t9-/m0/s1. The van der Waals surface area contributed by atoms with Crippen molar-refractivity contribution in [2.45, 2.75) is 6.10 Å². The van der Waals surface area contributed by atoms with Gasteiger partial charge in [-0.1, -0.05) is 12.0 Å². The zero-order valence-corrected chi connectivity index (χ0v) is 8.15. The number of methoxy groups -OCH3 is 2. The summed E-state index contributed by atoms with van der Waals surface area (Å²) in [5.41, 5.74) is 0.616. The highest BCUT2D eigenvalue weighted by Crippen LogP contribution is 2.29. The zero-order chi connectivity index (χ0) is 10.6. The number of rotatable bonds is 3. The maximum Gasteiger partial charge on any atom is 0.161 e. The Labute approximate surface area is 83.3 Å². The molecule has 0 heterocycles. The Kier molecular flexibility index (Phi) is 3.38. The lowest BCUT2D eigenvalue weighted by molar-refractivity contribution is 0.237. The number of hydrogen-bond acceptors (Lipinski definition) is 3. The summed E-state index contributed by atoms with van der Waals surface area (Å²) in [7, 11) is 3.08. The molecule has 1 atom stereocenters. The van der Waals surface area contributed by atoms with E-state index in [4.69, 9.17) is 15.9 Å². The summed E-state index contributed by atoms with van der Waals surface area (Å²) in [6.07, 6.45) is 4.19. The smallest absolute Gasteiger partial charge is 0.161 e. The van der Waals surface area contributed by atoms with Gasteiger partial charge in [-0.25, -0.2) is 0 Å². The second-order valence-electron chi connectivity index (χ2n) is 2.68. The van der Waals surface area contributed by atoms with E-state index in [1.54, 1.807) is 25.3 Å². The minimum atomic E-state index is -0.908. The van der Waals surface area contributed by atoms with Crippen LogP contribution in [-0.4, -0.2) is 19.3 Å². The first-order valence-corrected chi connectivity index (χ1v) is 4.09. The molecule has 0 fully saturated rings. The molecule has 0 aliphatic rings. The van der Waals surface area contributed by atoms with E-state index in [0.717, 1.165) is 0 Å². The molecule has 0 bridgehead atoms. The Hall–Kier alpha value is -1.66. The largest absolute Gasteiger partial charge is 0.493 e. The van der Waals surface area contributed by atoms with Gasteiger partial charge in [0.1, 0.15) is 6.10 Å². The van der Waals surface area contributed by atoms with Crippen LogP contribution < -0.4 is 9.47 Å². The third-order valence-electron chi connectivity index (χ3n) is 1.88. The average molecular weight is 192 g/mol. The average Bonchev–Trinajstić information content (AvgIpc) is 2.26. The minimum Gasteiger partial charge on any atom is -0.493 e. The molecule has 3 nitrogen and oxygen atoms in total. The van der Waals surface area contributed by atoms with Crippen LogP contribution in [0.1, 0.15) is 11.7 Å². The van der Waals surface area contributed by atoms with Gasteiger partial charge in [0.25, 0.3) is 0 Å². The van der Waals surface area contributed by atoms with E-state index in [0.29, 0.717) is 17.1 Å². The Morgan fingerprint density at radius 2 is 1.93 bits per heavy atom. The van der Waals surface area contributed by atoms with Crippen molar-refractivity contribution < 1.29 is 14.6 Å². The van der Waals surface area contributed by atoms with E-state index in [1.807, 2.05) is 0 Å². The zero-order valence-electron chi connectivity index (χ0n) is 8.15. The van der Waals surface area contributed by atoms with E-state index in [9.17, 15) is 5.11 Å². The second kappa shape index (κ2) is 4.54. The summed E-state index contributed by atoms with van der Waals surface area (Å²) in [4.78, 5) is 0. The molecule has 1 aromatic carbocycles. The molecule has 1 N–H and O–H groups in total. The van der Waals surface area contributed by atoms with Crippen molar-refractivity contribution in [2.75, 3.05) is 14.2 Å². The lowest BCUT2D eigenvalue weighted by Crippen LogP contribution is -1.96. The predicted molar refractivity (Wildman–Crippen MR) is 53.3 cm³/mol. The Morgan fingerprint density at radius 3 is 2.43 bits per heavy atom. The topological polar surface area (TPSA) is 38.7 Å². The van der Waals surface area contributed by atoms with Gasteiger partial charge in [0, 0.05) is 0 Å². The Bertz CT molecular complexity index is 352. The van der Waals surface area contributed by atoms with Crippen molar-refractivity contribution >= 4 is 0 Å². The highest BCUT2D eigenvalue weighted by atomic mass is 16.5. The van der Waals surface area contributed by atoms with Crippen molar-refractivity contribution in [3.63, 3.8) is 0 Å². The van der Waals surface area contributed by atoms with E-state index in [-0.39, 0.29) is 0 Å². The van der Waals surface area contributed by atoms with Crippen molar-refractivity contribution in [3.05, 3.63) is 23.8 Å². The molecule has 0 saturated heterocycles. The van der Waals surface area contributed by atoms with Crippen LogP contribution in [0, 0.1) is 12.3 Å². The van der Waals surface area contributed by atoms with Gasteiger partial charge in [-0.2, -0.15) is 0 Å². The third-order valence-corrected chi connectivity index (χ3v) is 1.88. The van der Waals surface area contributed by atoms with Crippen LogP contribution in [-0.2, 0) is 0 Å². The summed E-state index contributed by atoms with van der Waals surface area (Å²) in [5.74, 6) is 3.40. The summed E-state index contributed by atoms with van der Waals surface area (Å²) in [6, 6.07) is 5.06. The molecule has 0 radical (unpaired) electrons. The molecule has 74 valence electrons. The summed E-state index contributed by atoms with van der Waals surface area (Å²) in [6.45, 7) is 0. The van der Waals surface area contributed by atoms with Crippen molar-refractivity contribution in [1.29, 1.82) is 0 Å². The number of hydrogen-bond donors (Lipinski definition) is 1. The predicted octanol–water partition coefficient (Wildman–Crippen LogP) is 1.37. The fraction of sp³-hybridized carbons (Fsp3) is 0.273. The number of aliphatic hydroxyl groups is 1. The quantitative estimate of drug-likeness (QED) is 0.735. The molecule has 0 aliphatic heterocycles. The Morgan fingerprint density at radius 1 is 1.29 bits per heavy atom. The maximum atomic E-state index is 9.38. The van der Waals surface area contributed by atoms with Crippen LogP contribution in [0.4, 0.5) is 0 Å². The van der Waals surface area contributed by atoms with Crippen LogP contribution in [0.25, 0.3) is 0 Å². The van der Waals surface area contributed by atoms with Gasteiger partial charge in [0.2, 0.25) is 0 Å². The molecule has 0 amide bonds. The Balaban J connectivity index is 3.08. The number of aliphatic hydroxyl groups excluding tert-OH is 1. The minimum absolute atomic E-state index is 0.555. The lowest BCUT2D eigenvalue weighted by Gasteiger charge is -2.10. The summed E-state index contributed by atoms with van der Waals surface area (Å²) < 4.78 is 10.1. The lowest BCUT2D eigenvalue weighted by atomic mass is 10.1. The molecule has 1 rings (SSSR count). The van der Waals surface area contributed by atoms with Gasteiger partial charge >= 0.3 is 0 Å². The van der Waals surface area contributed by atoms with Crippen molar-refractivity contribution in [2.24, 2.45) is 0 Å². The van der Waals surface area contributed by atoms with Gasteiger partial charge < -0.3 is 14.6 Å². The van der Waals surface area contributed by atoms with Crippen molar-refractivity contribution in [1.82, 2.24) is 0 Å². The fourth-order valence-corrected chi connectivity index (χ4v) is 1.12. The van der Waals surface area contributed by atoms with E-state index in [2.05, 4.69) is 5.92 Å². The SMILES string of the molecule is C#C[C@H](O)c1ccc(OC)c(OC)c1. The fourth-order valence-electron chi connectivity index (χ4n) is 1.12. The van der Waals surface area contributed by atoms with Gasteiger partial charge in [0.05, 0.1) is 14.2 Å². The first-order chi connectivity index (χ1) is 6.72. The molecule has 0 saturated carbocycles. The monoisotopic (exact) mass is 192 g/mol. The molecule has 0 aliphatic carbocycles. The van der Waals surface area contributed by atoms with Crippen LogP contribution in [0.3, 0.4) is 0 Å². The maximum absolute atomic E-state index is 9.38. The molecular weight excluding hydrogens is 180 g/mol. The molecule has 0 spiro atoms. The molecule has 0 unspecified atom stereocenters. The highest BCUT2D eigenvalue weighted by Gasteiger charge is 2.08. The van der Waals surface area contributed by atoms with Crippen LogP contribution in [0.2, 0.25) is 0 Å².